The SMILES string of the molecule is CC(C)CCCNS(=O)(=O)c1ccc(N)c([N+](=O)[O-])c1. The summed E-state index contributed by atoms with van der Waals surface area (Å²) in [5, 5.41) is 10.7. The normalized spacial score (nSPS) is 11.8. The van der Waals surface area contributed by atoms with Crippen molar-refractivity contribution in [2.24, 2.45) is 5.92 Å². The number of nitrogens with two attached hydrogens (primary N) is 1. The van der Waals surface area contributed by atoms with E-state index in [0.29, 0.717) is 18.9 Å². The average molecular weight is 301 g/mol. The number of sulfonamides is 1. The van der Waals surface area contributed by atoms with Gasteiger partial charge in [0.2, 0.25) is 10.0 Å². The molecular formula is C12H19N3O4S. The fourth-order valence-corrected chi connectivity index (χ4v) is 2.74. The number of hydrogen-bond donors (Lipinski definition) is 2. The lowest BCUT2D eigenvalue weighted by molar-refractivity contribution is -0.384. The van der Waals surface area contributed by atoms with Gasteiger partial charge in [-0.05, 0) is 30.9 Å². The molecule has 0 heterocycles. The van der Waals surface area contributed by atoms with E-state index in [1.165, 1.54) is 12.1 Å². The number of rotatable bonds is 7. The molecule has 0 aliphatic carbocycles. The maximum absolute atomic E-state index is 12.0. The van der Waals surface area contributed by atoms with E-state index in [1.54, 1.807) is 0 Å². The predicted molar refractivity (Wildman–Crippen MR) is 76.8 cm³/mol. The van der Waals surface area contributed by atoms with Crippen LogP contribution in [-0.2, 0) is 10.0 Å². The molecule has 0 unspecified atom stereocenters. The molecule has 0 aliphatic rings. The molecule has 1 aromatic carbocycles. The second-order valence-electron chi connectivity index (χ2n) is 4.91. The number of hydrogen-bond acceptors (Lipinski definition) is 5. The number of benzene rings is 1. The highest BCUT2D eigenvalue weighted by Gasteiger charge is 2.19. The van der Waals surface area contributed by atoms with E-state index in [2.05, 4.69) is 18.6 Å². The zero-order valence-corrected chi connectivity index (χ0v) is 12.3. The third-order valence-electron chi connectivity index (χ3n) is 2.76. The highest BCUT2D eigenvalue weighted by molar-refractivity contribution is 7.89. The van der Waals surface area contributed by atoms with Crippen molar-refractivity contribution in [3.05, 3.63) is 28.3 Å². The summed E-state index contributed by atoms with van der Waals surface area (Å²) >= 11 is 0. The Bertz CT molecular complexity index is 584. The second kappa shape index (κ2) is 6.67. The number of nitrogens with zero attached hydrogens (tertiary/aromatic N) is 1. The van der Waals surface area contributed by atoms with Crippen LogP contribution in [0.2, 0.25) is 0 Å². The summed E-state index contributed by atoms with van der Waals surface area (Å²) in [6, 6.07) is 3.45. The molecule has 0 fully saturated rings. The van der Waals surface area contributed by atoms with Crippen LogP contribution in [0.15, 0.2) is 23.1 Å². The largest absolute Gasteiger partial charge is 0.393 e. The van der Waals surface area contributed by atoms with Gasteiger partial charge in [0.25, 0.3) is 5.69 Å². The van der Waals surface area contributed by atoms with Gasteiger partial charge in [-0.2, -0.15) is 0 Å². The molecule has 3 N–H and O–H groups in total. The molecule has 1 aromatic rings. The molecule has 7 nitrogen and oxygen atoms in total. The quantitative estimate of drug-likeness (QED) is 0.345. The highest BCUT2D eigenvalue weighted by atomic mass is 32.2. The van der Waals surface area contributed by atoms with Gasteiger partial charge in [0, 0.05) is 12.6 Å². The summed E-state index contributed by atoms with van der Waals surface area (Å²) in [5.41, 5.74) is 4.96. The van der Waals surface area contributed by atoms with Crippen molar-refractivity contribution < 1.29 is 13.3 Å². The summed E-state index contributed by atoms with van der Waals surface area (Å²) in [6.07, 6.45) is 1.62. The van der Waals surface area contributed by atoms with Gasteiger partial charge >= 0.3 is 0 Å². The summed E-state index contributed by atoms with van der Waals surface area (Å²) in [5.74, 6) is 0.497. The first kappa shape index (κ1) is 16.4. The van der Waals surface area contributed by atoms with E-state index in [1.807, 2.05) is 0 Å². The van der Waals surface area contributed by atoms with Crippen molar-refractivity contribution in [3.63, 3.8) is 0 Å². The Morgan fingerprint density at radius 1 is 1.40 bits per heavy atom. The lowest BCUT2D eigenvalue weighted by atomic mass is 10.1. The van der Waals surface area contributed by atoms with E-state index in [9.17, 15) is 18.5 Å². The minimum Gasteiger partial charge on any atom is -0.393 e. The van der Waals surface area contributed by atoms with Crippen LogP contribution in [-0.4, -0.2) is 19.9 Å². The molecule has 0 spiro atoms. The molecule has 0 saturated heterocycles. The molecule has 0 radical (unpaired) electrons. The van der Waals surface area contributed by atoms with E-state index in [0.717, 1.165) is 12.5 Å². The number of nitro benzene ring substituents is 1. The first-order valence-electron chi connectivity index (χ1n) is 6.27. The second-order valence-corrected chi connectivity index (χ2v) is 6.68. The molecule has 0 aromatic heterocycles. The van der Waals surface area contributed by atoms with Crippen molar-refractivity contribution in [1.82, 2.24) is 4.72 Å². The van der Waals surface area contributed by atoms with Crippen molar-refractivity contribution in [3.8, 4) is 0 Å². The minimum atomic E-state index is -3.74. The third-order valence-corrected chi connectivity index (χ3v) is 4.22. The van der Waals surface area contributed by atoms with Crippen molar-refractivity contribution in [2.75, 3.05) is 12.3 Å². The molecule has 20 heavy (non-hydrogen) atoms. The molecule has 112 valence electrons. The molecule has 0 aliphatic heterocycles. The topological polar surface area (TPSA) is 115 Å². The van der Waals surface area contributed by atoms with Gasteiger partial charge in [-0.15, -0.1) is 0 Å². The lowest BCUT2D eigenvalue weighted by Crippen LogP contribution is -2.25. The average Bonchev–Trinajstić information content (AvgIpc) is 2.34. The van der Waals surface area contributed by atoms with Crippen LogP contribution in [0, 0.1) is 16.0 Å². The van der Waals surface area contributed by atoms with Crippen LogP contribution in [0.1, 0.15) is 26.7 Å². The van der Waals surface area contributed by atoms with Crippen molar-refractivity contribution >= 4 is 21.4 Å². The Labute approximate surface area is 118 Å². The van der Waals surface area contributed by atoms with E-state index in [4.69, 9.17) is 5.73 Å². The molecule has 8 heteroatoms. The van der Waals surface area contributed by atoms with Gasteiger partial charge in [-0.1, -0.05) is 13.8 Å². The predicted octanol–water partition coefficient (Wildman–Crippen LogP) is 1.89. The molecular weight excluding hydrogens is 282 g/mol. The summed E-state index contributed by atoms with van der Waals surface area (Å²) in [4.78, 5) is 9.90. The summed E-state index contributed by atoms with van der Waals surface area (Å²) < 4.78 is 26.4. The van der Waals surface area contributed by atoms with Crippen molar-refractivity contribution in [1.29, 1.82) is 0 Å². The fraction of sp³-hybridized carbons (Fsp3) is 0.500. The Balaban J connectivity index is 2.82. The van der Waals surface area contributed by atoms with Gasteiger partial charge in [-0.25, -0.2) is 13.1 Å². The third kappa shape index (κ3) is 4.46. The zero-order chi connectivity index (χ0) is 15.3. The highest BCUT2D eigenvalue weighted by Crippen LogP contribution is 2.24. The number of nitro groups is 1. The Morgan fingerprint density at radius 2 is 2.05 bits per heavy atom. The molecule has 0 bridgehead atoms. The number of nitrogens with one attached hydrogen (secondary N) is 1. The Morgan fingerprint density at radius 3 is 2.60 bits per heavy atom. The molecule has 0 saturated carbocycles. The van der Waals surface area contributed by atoms with Crippen LogP contribution in [0.25, 0.3) is 0 Å². The van der Waals surface area contributed by atoms with Gasteiger partial charge in [0.1, 0.15) is 5.69 Å². The maximum Gasteiger partial charge on any atom is 0.293 e. The lowest BCUT2D eigenvalue weighted by Gasteiger charge is -2.08. The summed E-state index contributed by atoms with van der Waals surface area (Å²) in [7, 11) is -3.74. The van der Waals surface area contributed by atoms with Crippen LogP contribution in [0.4, 0.5) is 11.4 Å². The Hall–Kier alpha value is -1.67. The van der Waals surface area contributed by atoms with Crippen LogP contribution in [0.3, 0.4) is 0 Å². The monoisotopic (exact) mass is 301 g/mol. The molecule has 1 rings (SSSR count). The summed E-state index contributed by atoms with van der Waals surface area (Å²) in [6.45, 7) is 4.41. The van der Waals surface area contributed by atoms with E-state index < -0.39 is 20.6 Å². The molecule has 0 atom stereocenters. The van der Waals surface area contributed by atoms with E-state index >= 15 is 0 Å². The van der Waals surface area contributed by atoms with Crippen LogP contribution in [0.5, 0.6) is 0 Å². The standard InChI is InChI=1S/C12H19N3O4S/c1-9(2)4-3-7-14-20(18,19)10-5-6-11(13)12(8-10)15(16)17/h5-6,8-9,14H,3-4,7,13H2,1-2H3. The maximum atomic E-state index is 12.0. The number of nitrogen functional groups attached to an aromatic ring is 1. The van der Waals surface area contributed by atoms with Crippen LogP contribution < -0.4 is 10.5 Å². The van der Waals surface area contributed by atoms with Gasteiger partial charge in [0.15, 0.2) is 0 Å². The van der Waals surface area contributed by atoms with Gasteiger partial charge in [0.05, 0.1) is 9.82 Å². The zero-order valence-electron chi connectivity index (χ0n) is 11.5. The molecule has 0 amide bonds. The Kier molecular flexibility index (Phi) is 5.46. The minimum absolute atomic E-state index is 0.0613. The first-order valence-corrected chi connectivity index (χ1v) is 7.76. The van der Waals surface area contributed by atoms with Gasteiger partial charge in [-0.3, -0.25) is 10.1 Å². The van der Waals surface area contributed by atoms with Gasteiger partial charge < -0.3 is 5.73 Å². The smallest absolute Gasteiger partial charge is 0.293 e. The van der Waals surface area contributed by atoms with Crippen LogP contribution >= 0.6 is 0 Å². The van der Waals surface area contributed by atoms with E-state index in [-0.39, 0.29) is 10.6 Å². The first-order chi connectivity index (χ1) is 9.24. The fourth-order valence-electron chi connectivity index (χ4n) is 1.65. The number of anilines is 1. The van der Waals surface area contributed by atoms with Crippen molar-refractivity contribution in [2.45, 2.75) is 31.6 Å².